The number of nitrogens with zero attached hydrogens (tertiary/aromatic N) is 3. The second-order valence-electron chi connectivity index (χ2n) is 5.02. The zero-order valence-corrected chi connectivity index (χ0v) is 13.2. The Morgan fingerprint density at radius 1 is 1.38 bits per heavy atom. The number of aryl methyl sites for hydroxylation is 1. The molecule has 3 rings (SSSR count). The number of rotatable bonds is 7. The molecule has 0 bridgehead atoms. The van der Waals surface area contributed by atoms with Crippen LogP contribution in [-0.4, -0.2) is 33.1 Å². The normalized spacial score (nSPS) is 10.5. The predicted molar refractivity (Wildman–Crippen MR) is 85.0 cm³/mol. The Balaban J connectivity index is 1.55. The molecule has 0 saturated carbocycles. The minimum Gasteiger partial charge on any atom is -0.496 e. The number of aromatic nitrogens is 4. The number of H-pyrrole nitrogens is 1. The summed E-state index contributed by atoms with van der Waals surface area (Å²) in [5.74, 6) is 2.12. The lowest BCUT2D eigenvalue weighted by Crippen LogP contribution is -2.23. The van der Waals surface area contributed by atoms with E-state index in [-0.39, 0.29) is 12.3 Å². The van der Waals surface area contributed by atoms with Crippen LogP contribution in [0.15, 0.2) is 41.2 Å². The van der Waals surface area contributed by atoms with E-state index in [0.717, 1.165) is 5.56 Å². The fourth-order valence-corrected chi connectivity index (χ4v) is 2.18. The smallest absolute Gasteiger partial charge is 0.227 e. The van der Waals surface area contributed by atoms with E-state index in [1.165, 1.54) is 0 Å². The lowest BCUT2D eigenvalue weighted by atomic mass is 10.2. The number of carbonyl (C=O) groups is 1. The summed E-state index contributed by atoms with van der Waals surface area (Å²) in [7, 11) is 1.59. The average Bonchev–Trinajstić information content (AvgIpc) is 3.29. The first-order chi connectivity index (χ1) is 11.8. The van der Waals surface area contributed by atoms with Crippen LogP contribution in [0.3, 0.4) is 0 Å². The molecule has 8 nitrogen and oxygen atoms in total. The molecule has 0 aliphatic rings. The summed E-state index contributed by atoms with van der Waals surface area (Å²) >= 11 is 0. The van der Waals surface area contributed by atoms with Gasteiger partial charge in [-0.3, -0.25) is 4.79 Å². The zero-order chi connectivity index (χ0) is 16.8. The first-order valence-corrected chi connectivity index (χ1v) is 7.47. The highest BCUT2D eigenvalue weighted by molar-refractivity contribution is 5.75. The Kier molecular flexibility index (Phi) is 4.85. The molecule has 3 aromatic rings. The lowest BCUT2D eigenvalue weighted by Gasteiger charge is -2.03. The van der Waals surface area contributed by atoms with Crippen molar-refractivity contribution in [3.63, 3.8) is 0 Å². The highest BCUT2D eigenvalue weighted by atomic mass is 16.5. The minimum absolute atomic E-state index is 0.108. The summed E-state index contributed by atoms with van der Waals surface area (Å²) in [5, 5.41) is 6.72. The first kappa shape index (κ1) is 15.7. The quantitative estimate of drug-likeness (QED) is 0.684. The molecule has 0 aliphatic heterocycles. The number of amides is 1. The van der Waals surface area contributed by atoms with E-state index in [0.29, 0.717) is 36.3 Å². The number of hydrogen-bond acceptors (Lipinski definition) is 6. The van der Waals surface area contributed by atoms with E-state index in [4.69, 9.17) is 9.26 Å². The molecule has 1 amide bonds. The van der Waals surface area contributed by atoms with Gasteiger partial charge >= 0.3 is 0 Å². The summed E-state index contributed by atoms with van der Waals surface area (Å²) < 4.78 is 10.5. The maximum atomic E-state index is 11.8. The average molecular weight is 327 g/mol. The third-order valence-electron chi connectivity index (χ3n) is 3.39. The van der Waals surface area contributed by atoms with Crippen LogP contribution in [0.1, 0.15) is 18.1 Å². The van der Waals surface area contributed by atoms with E-state index in [1.54, 1.807) is 19.5 Å². The fourth-order valence-electron chi connectivity index (χ4n) is 2.18. The van der Waals surface area contributed by atoms with Gasteiger partial charge in [0.2, 0.25) is 17.6 Å². The van der Waals surface area contributed by atoms with Crippen molar-refractivity contribution in [2.45, 2.75) is 19.4 Å². The van der Waals surface area contributed by atoms with Crippen LogP contribution in [0.2, 0.25) is 0 Å². The molecular formula is C16H17N5O3. The Labute approximate surface area is 138 Å². The van der Waals surface area contributed by atoms with Gasteiger partial charge in [-0.15, -0.1) is 0 Å². The highest BCUT2D eigenvalue weighted by Crippen LogP contribution is 2.27. The van der Waals surface area contributed by atoms with Crippen LogP contribution in [-0.2, 0) is 17.8 Å². The summed E-state index contributed by atoms with van der Waals surface area (Å²) in [6.45, 7) is 0.363. The second kappa shape index (κ2) is 7.40. The number of nitrogens with one attached hydrogen (secondary N) is 2. The summed E-state index contributed by atoms with van der Waals surface area (Å²) in [6, 6.07) is 7.42. The van der Waals surface area contributed by atoms with Gasteiger partial charge in [-0.05, 0) is 12.1 Å². The van der Waals surface area contributed by atoms with Crippen molar-refractivity contribution in [1.29, 1.82) is 0 Å². The van der Waals surface area contributed by atoms with Gasteiger partial charge in [0.15, 0.2) is 0 Å². The number of methoxy groups -OCH3 is 1. The fraction of sp³-hybridized carbons (Fsp3) is 0.250. The molecule has 0 atom stereocenters. The predicted octanol–water partition coefficient (Wildman–Crippen LogP) is 1.72. The van der Waals surface area contributed by atoms with Crippen LogP contribution >= 0.6 is 0 Å². The van der Waals surface area contributed by atoms with E-state index in [9.17, 15) is 4.79 Å². The van der Waals surface area contributed by atoms with Gasteiger partial charge in [0, 0.05) is 25.2 Å². The van der Waals surface area contributed by atoms with Gasteiger partial charge < -0.3 is 19.6 Å². The lowest BCUT2D eigenvalue weighted by molar-refractivity contribution is -0.121. The van der Waals surface area contributed by atoms with Crippen LogP contribution in [0.25, 0.3) is 11.4 Å². The number of carbonyl (C=O) groups excluding carboxylic acids is 1. The molecule has 0 aliphatic carbocycles. The molecule has 0 fully saturated rings. The summed E-state index contributed by atoms with van der Waals surface area (Å²) in [4.78, 5) is 23.1. The van der Waals surface area contributed by atoms with Gasteiger partial charge in [0.25, 0.3) is 0 Å². The summed E-state index contributed by atoms with van der Waals surface area (Å²) in [6.07, 6.45) is 3.97. The van der Waals surface area contributed by atoms with Crippen molar-refractivity contribution in [1.82, 2.24) is 25.4 Å². The summed E-state index contributed by atoms with van der Waals surface area (Å²) in [5.41, 5.74) is 0.747. The topological polar surface area (TPSA) is 106 Å². The maximum Gasteiger partial charge on any atom is 0.227 e. The molecule has 0 unspecified atom stereocenters. The van der Waals surface area contributed by atoms with Crippen LogP contribution in [0, 0.1) is 0 Å². The van der Waals surface area contributed by atoms with Crippen LogP contribution in [0.5, 0.6) is 5.75 Å². The minimum atomic E-state index is -0.108. The molecule has 1 aromatic carbocycles. The highest BCUT2D eigenvalue weighted by Gasteiger charge is 2.13. The third kappa shape index (κ3) is 3.78. The zero-order valence-electron chi connectivity index (χ0n) is 13.2. The van der Waals surface area contributed by atoms with Crippen molar-refractivity contribution < 1.29 is 14.1 Å². The van der Waals surface area contributed by atoms with Crippen LogP contribution < -0.4 is 10.1 Å². The third-order valence-corrected chi connectivity index (χ3v) is 3.39. The number of aromatic amines is 1. The Morgan fingerprint density at radius 2 is 2.25 bits per heavy atom. The van der Waals surface area contributed by atoms with E-state index >= 15 is 0 Å². The monoisotopic (exact) mass is 327 g/mol. The van der Waals surface area contributed by atoms with Gasteiger partial charge in [-0.2, -0.15) is 4.98 Å². The van der Waals surface area contributed by atoms with Crippen molar-refractivity contribution >= 4 is 5.91 Å². The van der Waals surface area contributed by atoms with Gasteiger partial charge in [0.05, 0.1) is 19.2 Å². The molecule has 24 heavy (non-hydrogen) atoms. The molecule has 2 heterocycles. The molecule has 0 saturated heterocycles. The molecular weight excluding hydrogens is 310 g/mol. The van der Waals surface area contributed by atoms with Gasteiger partial charge in [0.1, 0.15) is 11.6 Å². The number of ether oxygens (including phenoxy) is 1. The first-order valence-electron chi connectivity index (χ1n) is 7.47. The molecule has 0 radical (unpaired) electrons. The van der Waals surface area contributed by atoms with Crippen molar-refractivity contribution in [3.8, 4) is 17.1 Å². The Bertz CT molecular complexity index is 798. The van der Waals surface area contributed by atoms with Crippen LogP contribution in [0.4, 0.5) is 0 Å². The Morgan fingerprint density at radius 3 is 3.04 bits per heavy atom. The molecule has 2 aromatic heterocycles. The van der Waals surface area contributed by atoms with Gasteiger partial charge in [-0.25, -0.2) is 4.98 Å². The molecule has 8 heteroatoms. The van der Waals surface area contributed by atoms with E-state index < -0.39 is 0 Å². The maximum absolute atomic E-state index is 11.8. The number of benzene rings is 1. The van der Waals surface area contributed by atoms with Gasteiger partial charge in [-0.1, -0.05) is 17.3 Å². The number of hydrogen-bond donors (Lipinski definition) is 2. The van der Waals surface area contributed by atoms with E-state index in [1.807, 2.05) is 24.3 Å². The van der Waals surface area contributed by atoms with E-state index in [2.05, 4.69) is 25.4 Å². The standard InChI is InChI=1S/C16H17N5O3/c1-23-12-5-3-2-4-11(12)16-20-15(24-21-16)7-6-14(22)19-10-13-17-8-9-18-13/h2-5,8-9H,6-7,10H2,1H3,(H,17,18)(H,19,22). The molecule has 124 valence electrons. The van der Waals surface area contributed by atoms with Crippen molar-refractivity contribution in [3.05, 3.63) is 48.4 Å². The van der Waals surface area contributed by atoms with Crippen molar-refractivity contribution in [2.24, 2.45) is 0 Å². The molecule has 2 N–H and O–H groups in total. The number of para-hydroxylation sites is 1. The molecule has 0 spiro atoms. The second-order valence-corrected chi connectivity index (χ2v) is 5.02. The number of imidazole rings is 1. The Hall–Kier alpha value is -3.16. The largest absolute Gasteiger partial charge is 0.496 e. The SMILES string of the molecule is COc1ccccc1-c1noc(CCC(=O)NCc2ncc[nH]2)n1. The van der Waals surface area contributed by atoms with Crippen molar-refractivity contribution in [2.75, 3.05) is 7.11 Å².